The lowest BCUT2D eigenvalue weighted by molar-refractivity contribution is -0.115. The fraction of sp³-hybridized carbons (Fsp3) is 0.235. The van der Waals surface area contributed by atoms with E-state index in [0.717, 1.165) is 21.3 Å². The molecule has 1 N–H and O–H groups in total. The Labute approximate surface area is 133 Å². The van der Waals surface area contributed by atoms with Crippen LogP contribution in [0.4, 0.5) is 5.13 Å². The van der Waals surface area contributed by atoms with E-state index in [9.17, 15) is 4.79 Å². The first kappa shape index (κ1) is 14.7. The molecule has 0 saturated carbocycles. The summed E-state index contributed by atoms with van der Waals surface area (Å²) >= 11 is 1.43. The molecule has 2 aromatic carbocycles. The molecule has 0 atom stereocenters. The van der Waals surface area contributed by atoms with Crippen molar-refractivity contribution in [1.29, 1.82) is 0 Å². The normalized spacial score (nSPS) is 11.0. The predicted octanol–water partition coefficient (Wildman–Crippen LogP) is 4.00. The van der Waals surface area contributed by atoms with E-state index in [-0.39, 0.29) is 5.91 Å². The Hall–Kier alpha value is -2.27. The summed E-state index contributed by atoms with van der Waals surface area (Å²) in [6.07, 6.45) is 0.331. The third kappa shape index (κ3) is 3.14. The number of carbonyl (C=O) groups is 1. The van der Waals surface area contributed by atoms with Gasteiger partial charge >= 0.3 is 0 Å². The summed E-state index contributed by atoms with van der Waals surface area (Å²) in [5.74, 6) is 0.254. The number of nitrogens with zero attached hydrogens (tertiary/aromatic N) is 2. The lowest BCUT2D eigenvalue weighted by atomic mass is 10.0. The zero-order chi connectivity index (χ0) is 15.5. The van der Waals surface area contributed by atoms with Crippen molar-refractivity contribution in [1.82, 2.24) is 10.2 Å². The number of benzene rings is 2. The summed E-state index contributed by atoms with van der Waals surface area (Å²) < 4.78 is 0. The number of nitrogens with one attached hydrogen (secondary N) is 1. The molecule has 3 rings (SSSR count). The van der Waals surface area contributed by atoms with Crippen LogP contribution in [0.25, 0.3) is 10.8 Å². The van der Waals surface area contributed by atoms with Gasteiger partial charge in [-0.05, 0) is 16.3 Å². The van der Waals surface area contributed by atoms with E-state index >= 15 is 0 Å². The summed E-state index contributed by atoms with van der Waals surface area (Å²) in [5, 5.41) is 14.7. The third-order valence-electron chi connectivity index (χ3n) is 3.41. The topological polar surface area (TPSA) is 54.9 Å². The maximum absolute atomic E-state index is 12.2. The summed E-state index contributed by atoms with van der Waals surface area (Å²) in [6.45, 7) is 4.12. The highest BCUT2D eigenvalue weighted by Gasteiger charge is 2.12. The molecule has 1 aromatic heterocycles. The van der Waals surface area contributed by atoms with Gasteiger partial charge in [-0.3, -0.25) is 4.79 Å². The molecule has 0 bridgehead atoms. The smallest absolute Gasteiger partial charge is 0.230 e. The van der Waals surface area contributed by atoms with Gasteiger partial charge in [0.2, 0.25) is 11.0 Å². The van der Waals surface area contributed by atoms with Crippen molar-refractivity contribution < 1.29 is 4.79 Å². The lowest BCUT2D eigenvalue weighted by Gasteiger charge is -2.06. The minimum atomic E-state index is -0.0668. The van der Waals surface area contributed by atoms with Gasteiger partial charge in [0, 0.05) is 5.92 Å². The Bertz CT molecular complexity index is 805. The average molecular weight is 311 g/mol. The molecule has 3 aromatic rings. The Morgan fingerprint density at radius 1 is 1.14 bits per heavy atom. The van der Waals surface area contributed by atoms with Gasteiger partial charge in [-0.15, -0.1) is 10.2 Å². The van der Waals surface area contributed by atoms with Crippen LogP contribution < -0.4 is 5.32 Å². The molecule has 0 saturated heterocycles. The molecule has 5 heteroatoms. The van der Waals surface area contributed by atoms with Crippen LogP contribution in [0.15, 0.2) is 42.5 Å². The largest absolute Gasteiger partial charge is 0.300 e. The Morgan fingerprint density at radius 2 is 1.91 bits per heavy atom. The van der Waals surface area contributed by atoms with E-state index < -0.39 is 0 Å². The van der Waals surface area contributed by atoms with E-state index in [4.69, 9.17) is 0 Å². The number of carbonyl (C=O) groups excluding carboxylic acids is 1. The minimum absolute atomic E-state index is 0.0668. The molecule has 0 aliphatic carbocycles. The van der Waals surface area contributed by atoms with Gasteiger partial charge in [-0.25, -0.2) is 0 Å². The quantitative estimate of drug-likeness (QED) is 0.792. The first-order chi connectivity index (χ1) is 10.6. The molecule has 112 valence electrons. The fourth-order valence-corrected chi connectivity index (χ4v) is 3.06. The van der Waals surface area contributed by atoms with Crippen molar-refractivity contribution in [3.63, 3.8) is 0 Å². The highest BCUT2D eigenvalue weighted by atomic mass is 32.1. The van der Waals surface area contributed by atoms with Crippen molar-refractivity contribution in [3.05, 3.63) is 53.0 Å². The minimum Gasteiger partial charge on any atom is -0.300 e. The molecule has 1 amide bonds. The number of aromatic nitrogens is 2. The van der Waals surface area contributed by atoms with Gasteiger partial charge in [0.1, 0.15) is 5.01 Å². The first-order valence-corrected chi connectivity index (χ1v) is 8.05. The number of fused-ring (bicyclic) bond motifs is 1. The molecule has 0 radical (unpaired) electrons. The van der Waals surface area contributed by atoms with Crippen molar-refractivity contribution in [3.8, 4) is 0 Å². The van der Waals surface area contributed by atoms with Crippen LogP contribution >= 0.6 is 11.3 Å². The van der Waals surface area contributed by atoms with Gasteiger partial charge in [0.15, 0.2) is 0 Å². The van der Waals surface area contributed by atoms with Gasteiger partial charge < -0.3 is 5.32 Å². The second-order valence-electron chi connectivity index (χ2n) is 5.46. The van der Waals surface area contributed by atoms with Gasteiger partial charge in [0.25, 0.3) is 0 Å². The van der Waals surface area contributed by atoms with Crippen LogP contribution in [0, 0.1) is 0 Å². The van der Waals surface area contributed by atoms with Crippen molar-refractivity contribution in [2.45, 2.75) is 26.2 Å². The fourth-order valence-electron chi connectivity index (χ4n) is 2.30. The first-order valence-electron chi connectivity index (χ1n) is 7.23. The van der Waals surface area contributed by atoms with E-state index in [1.807, 2.05) is 30.3 Å². The number of hydrogen-bond donors (Lipinski definition) is 1. The zero-order valence-corrected chi connectivity index (χ0v) is 13.4. The average Bonchev–Trinajstić information content (AvgIpc) is 2.96. The molecule has 0 aliphatic heterocycles. The molecule has 22 heavy (non-hydrogen) atoms. The zero-order valence-electron chi connectivity index (χ0n) is 12.5. The van der Waals surface area contributed by atoms with Crippen molar-refractivity contribution in [2.24, 2.45) is 0 Å². The summed E-state index contributed by atoms with van der Waals surface area (Å²) in [7, 11) is 0. The van der Waals surface area contributed by atoms with Gasteiger partial charge in [0.05, 0.1) is 6.42 Å². The monoisotopic (exact) mass is 311 g/mol. The summed E-state index contributed by atoms with van der Waals surface area (Å²) in [5.41, 5.74) is 1.02. The molecule has 0 fully saturated rings. The second-order valence-corrected chi connectivity index (χ2v) is 6.47. The number of hydrogen-bond acceptors (Lipinski definition) is 4. The van der Waals surface area contributed by atoms with Crippen LogP contribution in [-0.4, -0.2) is 16.1 Å². The van der Waals surface area contributed by atoms with E-state index in [1.165, 1.54) is 11.3 Å². The maximum atomic E-state index is 12.2. The molecule has 0 aliphatic rings. The molecule has 4 nitrogen and oxygen atoms in total. The van der Waals surface area contributed by atoms with Gasteiger partial charge in [-0.1, -0.05) is 67.6 Å². The molecule has 0 unspecified atom stereocenters. The molecule has 1 heterocycles. The van der Waals surface area contributed by atoms with Crippen LogP contribution in [0.2, 0.25) is 0 Å². The van der Waals surface area contributed by atoms with E-state index in [1.54, 1.807) is 0 Å². The highest BCUT2D eigenvalue weighted by Crippen LogP contribution is 2.23. The molecular formula is C17H17N3OS. The van der Waals surface area contributed by atoms with E-state index in [2.05, 4.69) is 41.5 Å². The van der Waals surface area contributed by atoms with E-state index in [0.29, 0.717) is 17.5 Å². The number of amides is 1. The lowest BCUT2D eigenvalue weighted by Crippen LogP contribution is -2.14. The standard InChI is InChI=1S/C17H17N3OS/c1-11(2)16-19-20-17(22-16)18-15(21)10-13-8-5-7-12-6-3-4-9-14(12)13/h3-9,11H,10H2,1-2H3,(H,18,20,21). The Balaban J connectivity index is 1.75. The number of rotatable bonds is 4. The SMILES string of the molecule is CC(C)c1nnc(NC(=O)Cc2cccc3ccccc23)s1. The van der Waals surface area contributed by atoms with Crippen LogP contribution in [0.5, 0.6) is 0 Å². The second kappa shape index (κ2) is 6.23. The maximum Gasteiger partial charge on any atom is 0.230 e. The highest BCUT2D eigenvalue weighted by molar-refractivity contribution is 7.15. The summed E-state index contributed by atoms with van der Waals surface area (Å²) in [6, 6.07) is 14.1. The van der Waals surface area contributed by atoms with Crippen molar-refractivity contribution in [2.75, 3.05) is 5.32 Å². The Kier molecular flexibility index (Phi) is 4.15. The van der Waals surface area contributed by atoms with Gasteiger partial charge in [-0.2, -0.15) is 0 Å². The molecule has 0 spiro atoms. The summed E-state index contributed by atoms with van der Waals surface area (Å²) in [4.78, 5) is 12.2. The van der Waals surface area contributed by atoms with Crippen LogP contribution in [-0.2, 0) is 11.2 Å². The Morgan fingerprint density at radius 3 is 2.68 bits per heavy atom. The number of anilines is 1. The third-order valence-corrected chi connectivity index (χ3v) is 4.55. The molecular weight excluding hydrogens is 294 g/mol. The predicted molar refractivity (Wildman–Crippen MR) is 90.3 cm³/mol. The van der Waals surface area contributed by atoms with Crippen LogP contribution in [0.3, 0.4) is 0 Å². The van der Waals surface area contributed by atoms with Crippen molar-refractivity contribution >= 4 is 33.1 Å². The van der Waals surface area contributed by atoms with Crippen LogP contribution in [0.1, 0.15) is 30.3 Å².